The van der Waals surface area contributed by atoms with Crippen molar-refractivity contribution >= 4 is 22.6 Å². The minimum atomic E-state index is 0.170. The molecule has 0 saturated carbocycles. The molecule has 0 aliphatic carbocycles. The van der Waals surface area contributed by atoms with Gasteiger partial charge in [0.1, 0.15) is 11.3 Å². The first-order valence-corrected chi connectivity index (χ1v) is 9.77. The van der Waals surface area contributed by atoms with Crippen molar-refractivity contribution in [3.8, 4) is 5.75 Å². The Morgan fingerprint density at radius 1 is 1.21 bits per heavy atom. The summed E-state index contributed by atoms with van der Waals surface area (Å²) in [4.78, 5) is 14.7. The zero-order valence-electron chi connectivity index (χ0n) is 16.4. The summed E-state index contributed by atoms with van der Waals surface area (Å²) in [7, 11) is 1.67. The summed E-state index contributed by atoms with van der Waals surface area (Å²) in [6.45, 7) is 3.58. The van der Waals surface area contributed by atoms with Crippen molar-refractivity contribution in [2.75, 3.05) is 25.5 Å². The SMILES string of the molecule is COc1cccc(NC2CCN(C(=O)Cc3coc4cc(C)ccc34)CC2)c1. The first-order valence-electron chi connectivity index (χ1n) is 9.77. The third kappa shape index (κ3) is 3.98. The summed E-state index contributed by atoms with van der Waals surface area (Å²) in [5, 5.41) is 4.59. The summed E-state index contributed by atoms with van der Waals surface area (Å²) in [6.07, 6.45) is 3.99. The van der Waals surface area contributed by atoms with E-state index in [4.69, 9.17) is 9.15 Å². The quantitative estimate of drug-likeness (QED) is 0.715. The van der Waals surface area contributed by atoms with Gasteiger partial charge in [0.05, 0.1) is 19.8 Å². The molecule has 5 nitrogen and oxygen atoms in total. The molecule has 0 bridgehead atoms. The van der Waals surface area contributed by atoms with Crippen LogP contribution < -0.4 is 10.1 Å². The fourth-order valence-corrected chi connectivity index (χ4v) is 3.82. The van der Waals surface area contributed by atoms with Crippen LogP contribution in [0.3, 0.4) is 0 Å². The van der Waals surface area contributed by atoms with Gasteiger partial charge in [-0.1, -0.05) is 18.2 Å². The number of aryl methyl sites for hydroxylation is 1. The van der Waals surface area contributed by atoms with Crippen LogP contribution in [0, 0.1) is 6.92 Å². The van der Waals surface area contributed by atoms with Crippen molar-refractivity contribution < 1.29 is 13.9 Å². The van der Waals surface area contributed by atoms with Crippen LogP contribution in [0.25, 0.3) is 11.0 Å². The van der Waals surface area contributed by atoms with Gasteiger partial charge in [0.2, 0.25) is 5.91 Å². The maximum absolute atomic E-state index is 12.8. The maximum Gasteiger partial charge on any atom is 0.227 e. The van der Waals surface area contributed by atoms with Gasteiger partial charge in [-0.15, -0.1) is 0 Å². The summed E-state index contributed by atoms with van der Waals surface area (Å²) in [6, 6.07) is 14.5. The zero-order valence-corrected chi connectivity index (χ0v) is 16.4. The third-order valence-corrected chi connectivity index (χ3v) is 5.44. The molecule has 0 radical (unpaired) electrons. The van der Waals surface area contributed by atoms with E-state index < -0.39 is 0 Å². The van der Waals surface area contributed by atoms with Crippen LogP contribution in [0.4, 0.5) is 5.69 Å². The van der Waals surface area contributed by atoms with Crippen molar-refractivity contribution in [1.29, 1.82) is 0 Å². The standard InChI is InChI=1S/C23H26N2O3/c1-16-6-7-21-17(15-28-22(21)12-16)13-23(26)25-10-8-18(9-11-25)24-19-4-3-5-20(14-19)27-2/h3-7,12,14-15,18,24H,8-11,13H2,1-2H3. The number of nitrogens with one attached hydrogen (secondary N) is 1. The molecule has 146 valence electrons. The average molecular weight is 378 g/mol. The van der Waals surface area contributed by atoms with Gasteiger partial charge >= 0.3 is 0 Å². The van der Waals surface area contributed by atoms with Crippen molar-refractivity contribution in [2.24, 2.45) is 0 Å². The molecule has 2 heterocycles. The molecule has 1 fully saturated rings. The molecule has 3 aromatic rings. The second-order valence-corrected chi connectivity index (χ2v) is 7.47. The molecule has 1 N–H and O–H groups in total. The molecule has 1 aromatic heterocycles. The topological polar surface area (TPSA) is 54.7 Å². The van der Waals surface area contributed by atoms with Crippen LogP contribution >= 0.6 is 0 Å². The number of methoxy groups -OCH3 is 1. The van der Waals surface area contributed by atoms with E-state index in [1.54, 1.807) is 13.4 Å². The van der Waals surface area contributed by atoms with E-state index in [0.29, 0.717) is 12.5 Å². The number of rotatable bonds is 5. The van der Waals surface area contributed by atoms with E-state index >= 15 is 0 Å². The van der Waals surface area contributed by atoms with Crippen molar-refractivity contribution in [3.05, 3.63) is 59.9 Å². The molecule has 1 amide bonds. The zero-order chi connectivity index (χ0) is 19.5. The molecule has 0 spiro atoms. The number of furan rings is 1. The number of carbonyl (C=O) groups is 1. The number of hydrogen-bond acceptors (Lipinski definition) is 4. The summed E-state index contributed by atoms with van der Waals surface area (Å²) in [5.41, 5.74) is 4.04. The molecule has 0 atom stereocenters. The van der Waals surface area contributed by atoms with E-state index in [1.807, 2.05) is 48.2 Å². The Balaban J connectivity index is 1.33. The molecule has 4 rings (SSSR count). The molecular weight excluding hydrogens is 352 g/mol. The number of carbonyl (C=O) groups excluding carboxylic acids is 1. The minimum absolute atomic E-state index is 0.170. The second kappa shape index (κ2) is 7.97. The van der Waals surface area contributed by atoms with Gasteiger partial charge in [0, 0.05) is 41.8 Å². The monoisotopic (exact) mass is 378 g/mol. The van der Waals surface area contributed by atoms with Crippen molar-refractivity contribution in [1.82, 2.24) is 4.90 Å². The van der Waals surface area contributed by atoms with Gasteiger partial charge in [-0.3, -0.25) is 4.79 Å². The van der Waals surface area contributed by atoms with E-state index in [2.05, 4.69) is 11.4 Å². The lowest BCUT2D eigenvalue weighted by Gasteiger charge is -2.33. The Labute approximate surface area is 165 Å². The number of benzene rings is 2. The molecular formula is C23H26N2O3. The van der Waals surface area contributed by atoms with Crippen LogP contribution in [0.1, 0.15) is 24.0 Å². The van der Waals surface area contributed by atoms with Crippen LogP contribution in [0.2, 0.25) is 0 Å². The summed E-state index contributed by atoms with van der Waals surface area (Å²) >= 11 is 0. The Kier molecular flexibility index (Phi) is 5.24. The maximum atomic E-state index is 12.8. The number of hydrogen-bond donors (Lipinski definition) is 1. The van der Waals surface area contributed by atoms with Gasteiger partial charge in [0.15, 0.2) is 0 Å². The number of piperidine rings is 1. The van der Waals surface area contributed by atoms with Gasteiger partial charge < -0.3 is 19.4 Å². The number of nitrogens with zero attached hydrogens (tertiary/aromatic N) is 1. The molecule has 1 saturated heterocycles. The molecule has 28 heavy (non-hydrogen) atoms. The highest BCUT2D eigenvalue weighted by atomic mass is 16.5. The Bertz CT molecular complexity index is 971. The van der Waals surface area contributed by atoms with Crippen LogP contribution in [0.15, 0.2) is 53.1 Å². The lowest BCUT2D eigenvalue weighted by Crippen LogP contribution is -2.43. The fourth-order valence-electron chi connectivity index (χ4n) is 3.82. The van der Waals surface area contributed by atoms with E-state index in [9.17, 15) is 4.79 Å². The largest absolute Gasteiger partial charge is 0.497 e. The number of amides is 1. The molecule has 1 aliphatic heterocycles. The summed E-state index contributed by atoms with van der Waals surface area (Å²) in [5.74, 6) is 1.02. The Morgan fingerprint density at radius 3 is 2.82 bits per heavy atom. The predicted molar refractivity (Wildman–Crippen MR) is 111 cm³/mol. The van der Waals surface area contributed by atoms with Crippen LogP contribution in [0.5, 0.6) is 5.75 Å². The molecule has 2 aromatic carbocycles. The number of anilines is 1. The van der Waals surface area contributed by atoms with E-state index in [0.717, 1.165) is 59.5 Å². The number of likely N-dealkylation sites (tertiary alicyclic amines) is 1. The van der Waals surface area contributed by atoms with E-state index in [1.165, 1.54) is 0 Å². The highest BCUT2D eigenvalue weighted by molar-refractivity contribution is 5.88. The van der Waals surface area contributed by atoms with Gasteiger partial charge in [-0.25, -0.2) is 0 Å². The van der Waals surface area contributed by atoms with Crippen LogP contribution in [-0.4, -0.2) is 37.0 Å². The molecule has 1 aliphatic rings. The van der Waals surface area contributed by atoms with Gasteiger partial charge in [0.25, 0.3) is 0 Å². The molecule has 0 unspecified atom stereocenters. The smallest absolute Gasteiger partial charge is 0.227 e. The van der Waals surface area contributed by atoms with Crippen molar-refractivity contribution in [3.63, 3.8) is 0 Å². The summed E-state index contributed by atoms with van der Waals surface area (Å²) < 4.78 is 10.9. The number of fused-ring (bicyclic) bond motifs is 1. The normalized spacial score (nSPS) is 15.0. The predicted octanol–water partition coefficient (Wildman–Crippen LogP) is 4.40. The van der Waals surface area contributed by atoms with Crippen molar-refractivity contribution in [2.45, 2.75) is 32.2 Å². The first-order chi connectivity index (χ1) is 13.6. The fraction of sp³-hybridized carbons (Fsp3) is 0.348. The second-order valence-electron chi connectivity index (χ2n) is 7.47. The molecule has 5 heteroatoms. The minimum Gasteiger partial charge on any atom is -0.497 e. The third-order valence-electron chi connectivity index (χ3n) is 5.44. The number of ether oxygens (including phenoxy) is 1. The lowest BCUT2D eigenvalue weighted by atomic mass is 10.0. The van der Waals surface area contributed by atoms with Gasteiger partial charge in [-0.2, -0.15) is 0 Å². The first kappa shape index (κ1) is 18.4. The van der Waals surface area contributed by atoms with E-state index in [-0.39, 0.29) is 5.91 Å². The lowest BCUT2D eigenvalue weighted by molar-refractivity contribution is -0.131. The Morgan fingerprint density at radius 2 is 2.04 bits per heavy atom. The van der Waals surface area contributed by atoms with Crippen LogP contribution in [-0.2, 0) is 11.2 Å². The highest BCUT2D eigenvalue weighted by Gasteiger charge is 2.23. The highest BCUT2D eigenvalue weighted by Crippen LogP contribution is 2.24. The average Bonchev–Trinajstić information content (AvgIpc) is 3.10. The van der Waals surface area contributed by atoms with Gasteiger partial charge in [-0.05, 0) is 43.5 Å². The Hall–Kier alpha value is -2.95.